The molecule has 7 aromatic rings. The van der Waals surface area contributed by atoms with E-state index in [1.807, 2.05) is 72.8 Å². The van der Waals surface area contributed by atoms with E-state index in [2.05, 4.69) is 19.2 Å². The molecule has 0 saturated carbocycles. The number of imide groups is 2. The fourth-order valence-electron chi connectivity index (χ4n) is 9.60. The summed E-state index contributed by atoms with van der Waals surface area (Å²) >= 11 is 0. The molecule has 0 bridgehead atoms. The van der Waals surface area contributed by atoms with Crippen molar-refractivity contribution >= 4 is 89.3 Å². The van der Waals surface area contributed by atoms with Gasteiger partial charge in [0.2, 0.25) is 0 Å². The molecule has 0 aromatic heterocycles. The van der Waals surface area contributed by atoms with Crippen molar-refractivity contribution in [3.8, 4) is 0 Å². The van der Waals surface area contributed by atoms with Crippen LogP contribution in [0.4, 0.5) is 10.5 Å². The van der Waals surface area contributed by atoms with Crippen molar-refractivity contribution in [1.82, 2.24) is 9.80 Å². The zero-order chi connectivity index (χ0) is 40.8. The van der Waals surface area contributed by atoms with Crippen molar-refractivity contribution in [1.29, 1.82) is 0 Å². The second kappa shape index (κ2) is 15.8. The normalized spacial score (nSPS) is 14.0. The Hall–Kier alpha value is -6.35. The Morgan fingerprint density at radius 3 is 1.56 bits per heavy atom. The molecule has 5 amide bonds. The number of hydrogen-bond donors (Lipinski definition) is 1. The third-order valence-electron chi connectivity index (χ3n) is 12.5. The van der Waals surface area contributed by atoms with Crippen LogP contribution in [0.15, 0.2) is 91.0 Å². The van der Waals surface area contributed by atoms with Crippen molar-refractivity contribution in [3.05, 3.63) is 113 Å². The third kappa shape index (κ3) is 6.44. The average molecular weight is 786 g/mol. The van der Waals surface area contributed by atoms with Gasteiger partial charge in [0.15, 0.2) is 0 Å². The molecule has 9 heteroatoms. The van der Waals surface area contributed by atoms with Gasteiger partial charge in [-0.1, -0.05) is 126 Å². The standard InChI is InChI=1S/C50H47N3O6/c1-3-5-7-9-16-31(17-10-8-6-4-2)53-48(56)39-26-22-35-33-20-24-37-44-38(25-21-34(42(33)44)36-23-27-40(49(53)57)45(39)43(35)36)47(55)52(46(37)54)28-29-59-50(58)51-41-19-13-15-30-14-11-12-18-32(30)41/h11-15,18-27,31H,3-10,16-17,28-29H2,1-2H3,(H,51,58). The summed E-state index contributed by atoms with van der Waals surface area (Å²) in [6.07, 6.45) is 9.58. The lowest BCUT2D eigenvalue weighted by molar-refractivity contribution is 0.0514. The van der Waals surface area contributed by atoms with Crippen LogP contribution in [0.3, 0.4) is 0 Å². The Labute approximate surface area is 342 Å². The molecule has 298 valence electrons. The second-order valence-corrected chi connectivity index (χ2v) is 16.0. The second-order valence-electron chi connectivity index (χ2n) is 16.0. The van der Waals surface area contributed by atoms with Crippen LogP contribution in [0.1, 0.15) is 119 Å². The number of hydrogen-bond acceptors (Lipinski definition) is 6. The van der Waals surface area contributed by atoms with Crippen molar-refractivity contribution < 1.29 is 28.7 Å². The van der Waals surface area contributed by atoms with Crippen LogP contribution in [0.2, 0.25) is 0 Å². The zero-order valence-corrected chi connectivity index (χ0v) is 33.6. The number of carbonyl (C=O) groups excluding carboxylic acids is 5. The van der Waals surface area contributed by atoms with E-state index in [4.69, 9.17) is 4.74 Å². The van der Waals surface area contributed by atoms with Crippen molar-refractivity contribution in [2.24, 2.45) is 0 Å². The molecule has 0 spiro atoms. The van der Waals surface area contributed by atoms with Gasteiger partial charge in [-0.3, -0.25) is 34.3 Å². The Bertz CT molecular complexity index is 2710. The van der Waals surface area contributed by atoms with Gasteiger partial charge in [0.25, 0.3) is 23.6 Å². The summed E-state index contributed by atoms with van der Waals surface area (Å²) in [7, 11) is 0. The van der Waals surface area contributed by atoms with Gasteiger partial charge in [0.05, 0.1) is 12.2 Å². The van der Waals surface area contributed by atoms with Crippen molar-refractivity contribution in [2.75, 3.05) is 18.5 Å². The first-order valence-corrected chi connectivity index (χ1v) is 21.2. The minimum Gasteiger partial charge on any atom is -0.447 e. The molecule has 0 saturated heterocycles. The first-order chi connectivity index (χ1) is 28.8. The van der Waals surface area contributed by atoms with Gasteiger partial charge >= 0.3 is 6.09 Å². The monoisotopic (exact) mass is 785 g/mol. The number of rotatable bonds is 15. The molecule has 2 aliphatic rings. The molecule has 9 nitrogen and oxygen atoms in total. The maximum atomic E-state index is 14.5. The third-order valence-corrected chi connectivity index (χ3v) is 12.5. The molecule has 0 radical (unpaired) electrons. The number of unbranched alkanes of at least 4 members (excludes halogenated alkanes) is 6. The molecular formula is C50H47N3O6. The van der Waals surface area contributed by atoms with E-state index in [1.165, 1.54) is 0 Å². The van der Waals surface area contributed by atoms with E-state index in [0.29, 0.717) is 38.7 Å². The quantitative estimate of drug-likeness (QED) is 0.0479. The minimum absolute atomic E-state index is 0.115. The number of anilines is 1. The van der Waals surface area contributed by atoms with Gasteiger partial charge in [-0.15, -0.1) is 0 Å². The van der Waals surface area contributed by atoms with Gasteiger partial charge < -0.3 is 4.74 Å². The van der Waals surface area contributed by atoms with Crippen LogP contribution in [0, 0.1) is 0 Å². The summed E-state index contributed by atoms with van der Waals surface area (Å²) in [5.41, 5.74) is 2.45. The lowest BCUT2D eigenvalue weighted by Crippen LogP contribution is -2.47. The summed E-state index contributed by atoms with van der Waals surface area (Å²) in [6, 6.07) is 28.1. The molecule has 2 aliphatic heterocycles. The Morgan fingerprint density at radius 2 is 1.03 bits per heavy atom. The van der Waals surface area contributed by atoms with E-state index in [-0.39, 0.29) is 31.0 Å². The number of amides is 5. The predicted molar refractivity (Wildman–Crippen MR) is 234 cm³/mol. The minimum atomic E-state index is -0.684. The lowest BCUT2D eigenvalue weighted by Gasteiger charge is -2.35. The van der Waals surface area contributed by atoms with Gasteiger partial charge in [0, 0.05) is 44.5 Å². The highest BCUT2D eigenvalue weighted by atomic mass is 16.5. The van der Waals surface area contributed by atoms with Gasteiger partial charge in [-0.25, -0.2) is 4.79 Å². The SMILES string of the molecule is CCCCCCC(CCCCCC)N1C(=O)c2ccc3c4ccc5c6c(ccc(c7ccc(c2c37)C1=O)c64)C(=O)N(CCOC(=O)Nc1cccc2ccccc12)C5=O. The van der Waals surface area contributed by atoms with E-state index in [9.17, 15) is 24.0 Å². The zero-order valence-electron chi connectivity index (χ0n) is 33.6. The number of carbonyl (C=O) groups is 5. The smallest absolute Gasteiger partial charge is 0.411 e. The average Bonchev–Trinajstić information content (AvgIpc) is 3.25. The van der Waals surface area contributed by atoms with E-state index in [1.54, 1.807) is 23.1 Å². The molecule has 0 unspecified atom stereocenters. The van der Waals surface area contributed by atoms with E-state index < -0.39 is 17.9 Å². The summed E-state index contributed by atoms with van der Waals surface area (Å²) < 4.78 is 5.46. The molecule has 0 atom stereocenters. The van der Waals surface area contributed by atoms with Crippen molar-refractivity contribution in [3.63, 3.8) is 0 Å². The van der Waals surface area contributed by atoms with Crippen LogP contribution in [-0.2, 0) is 4.74 Å². The maximum absolute atomic E-state index is 14.5. The van der Waals surface area contributed by atoms with E-state index in [0.717, 1.165) is 112 Å². The predicted octanol–water partition coefficient (Wildman–Crippen LogP) is 11.6. The van der Waals surface area contributed by atoms with Crippen LogP contribution in [-0.4, -0.2) is 58.7 Å². The fraction of sp³-hybridized carbons (Fsp3) is 0.300. The summed E-state index contributed by atoms with van der Waals surface area (Å²) in [5, 5.41) is 10.9. The topological polar surface area (TPSA) is 113 Å². The first kappa shape index (κ1) is 38.2. The summed E-state index contributed by atoms with van der Waals surface area (Å²) in [4.78, 5) is 72.6. The molecule has 2 heterocycles. The van der Waals surface area contributed by atoms with Crippen LogP contribution in [0.25, 0.3) is 53.9 Å². The summed E-state index contributed by atoms with van der Waals surface area (Å²) in [6.45, 7) is 4.07. The van der Waals surface area contributed by atoms with E-state index >= 15 is 0 Å². The molecule has 0 aliphatic carbocycles. The van der Waals surface area contributed by atoms with Crippen LogP contribution in [0.5, 0.6) is 0 Å². The fourth-order valence-corrected chi connectivity index (χ4v) is 9.60. The summed E-state index contributed by atoms with van der Waals surface area (Å²) in [5.74, 6) is -1.39. The molecule has 7 aromatic carbocycles. The molecule has 9 rings (SSSR count). The van der Waals surface area contributed by atoms with Crippen LogP contribution >= 0.6 is 0 Å². The number of fused-ring (bicyclic) bond motifs is 3. The number of ether oxygens (including phenoxy) is 1. The highest BCUT2D eigenvalue weighted by Crippen LogP contribution is 2.46. The Kier molecular flexibility index (Phi) is 10.2. The highest BCUT2D eigenvalue weighted by molar-refractivity contribution is 6.41. The molecular weight excluding hydrogens is 739 g/mol. The maximum Gasteiger partial charge on any atom is 0.411 e. The number of nitrogens with one attached hydrogen (secondary N) is 1. The van der Waals surface area contributed by atoms with Crippen LogP contribution < -0.4 is 5.32 Å². The number of nitrogens with zero attached hydrogens (tertiary/aromatic N) is 2. The van der Waals surface area contributed by atoms with Gasteiger partial charge in [-0.2, -0.15) is 0 Å². The Morgan fingerprint density at radius 1 is 0.542 bits per heavy atom. The molecule has 0 fully saturated rings. The van der Waals surface area contributed by atoms with Gasteiger partial charge in [0.1, 0.15) is 6.61 Å². The highest BCUT2D eigenvalue weighted by Gasteiger charge is 2.39. The molecule has 59 heavy (non-hydrogen) atoms. The first-order valence-electron chi connectivity index (χ1n) is 21.2. The largest absolute Gasteiger partial charge is 0.447 e. The van der Waals surface area contributed by atoms with Crippen molar-refractivity contribution in [2.45, 2.75) is 84.1 Å². The Balaban J connectivity index is 1.02. The van der Waals surface area contributed by atoms with Gasteiger partial charge in [-0.05, 0) is 80.9 Å². The molecule has 1 N–H and O–H groups in total. The lowest BCUT2D eigenvalue weighted by atomic mass is 9.82. The number of benzene rings is 7.